The van der Waals surface area contributed by atoms with Crippen LogP contribution in [0.4, 0.5) is 4.39 Å². The van der Waals surface area contributed by atoms with Crippen LogP contribution in [-0.4, -0.2) is 18.6 Å². The van der Waals surface area contributed by atoms with Crippen molar-refractivity contribution in [2.75, 3.05) is 6.54 Å². The second kappa shape index (κ2) is 6.96. The third-order valence-electron chi connectivity index (χ3n) is 2.46. The van der Waals surface area contributed by atoms with Gasteiger partial charge in [0.25, 0.3) is 5.91 Å². The molecule has 18 heavy (non-hydrogen) atoms. The molecule has 1 rings (SSSR count). The van der Waals surface area contributed by atoms with E-state index in [1.807, 2.05) is 0 Å². The topological polar surface area (TPSA) is 64.3 Å². The van der Waals surface area contributed by atoms with Crippen LogP contribution in [0.15, 0.2) is 18.2 Å². The fourth-order valence-electron chi connectivity index (χ4n) is 1.41. The molecule has 0 heterocycles. The maximum atomic E-state index is 13.7. The number of nitrogens with two attached hydrogens (primary N) is 1. The second-order valence-corrected chi connectivity index (χ2v) is 4.10. The summed E-state index contributed by atoms with van der Waals surface area (Å²) in [6.45, 7) is 5.04. The first-order valence-corrected chi connectivity index (χ1v) is 5.99. The minimum Gasteiger partial charge on any atom is -0.478 e. The molecule has 100 valence electrons. The quantitative estimate of drug-likeness (QED) is 0.726. The predicted molar refractivity (Wildman–Crippen MR) is 67.7 cm³/mol. The van der Waals surface area contributed by atoms with Crippen LogP contribution in [0, 0.1) is 5.82 Å². The molecule has 1 amide bonds. The van der Waals surface area contributed by atoms with Gasteiger partial charge in [-0.05, 0) is 37.6 Å². The summed E-state index contributed by atoms with van der Waals surface area (Å²) >= 11 is 0. The summed E-state index contributed by atoms with van der Waals surface area (Å²) < 4.78 is 18.8. The maximum absolute atomic E-state index is 13.7. The molecule has 1 aromatic carbocycles. The Balaban J connectivity index is 2.64. The van der Waals surface area contributed by atoms with Crippen LogP contribution < -0.4 is 15.8 Å². The number of carbonyl (C=O) groups excluding carboxylic acids is 1. The molecule has 0 aliphatic heterocycles. The highest BCUT2D eigenvalue weighted by molar-refractivity contribution is 5.78. The maximum Gasteiger partial charge on any atom is 0.258 e. The van der Waals surface area contributed by atoms with Crippen LogP contribution in [0.1, 0.15) is 25.8 Å². The number of nitrogens with one attached hydrogen (secondary N) is 1. The minimum absolute atomic E-state index is 0.0422. The van der Waals surface area contributed by atoms with Crippen LogP contribution in [-0.2, 0) is 11.3 Å². The summed E-state index contributed by atoms with van der Waals surface area (Å²) in [5.41, 5.74) is 5.88. The molecule has 0 spiro atoms. The lowest BCUT2D eigenvalue weighted by Gasteiger charge is -2.12. The van der Waals surface area contributed by atoms with E-state index in [-0.39, 0.29) is 5.75 Å². The first-order chi connectivity index (χ1) is 8.54. The van der Waals surface area contributed by atoms with Crippen LogP contribution >= 0.6 is 0 Å². The third kappa shape index (κ3) is 4.33. The fraction of sp³-hybridized carbons (Fsp3) is 0.462. The van der Waals surface area contributed by atoms with E-state index in [0.29, 0.717) is 6.54 Å². The largest absolute Gasteiger partial charge is 0.478 e. The highest BCUT2D eigenvalue weighted by Crippen LogP contribution is 2.19. The summed E-state index contributed by atoms with van der Waals surface area (Å²) in [5.74, 6) is -1.07. The third-order valence-corrected chi connectivity index (χ3v) is 2.46. The van der Waals surface area contributed by atoms with Crippen molar-refractivity contribution in [3.8, 4) is 5.75 Å². The van der Waals surface area contributed by atoms with Gasteiger partial charge in [-0.3, -0.25) is 4.79 Å². The Kier molecular flexibility index (Phi) is 5.58. The Bertz CT molecular complexity index is 410. The summed E-state index contributed by atoms with van der Waals surface area (Å²) in [4.78, 5) is 10.8. The van der Waals surface area contributed by atoms with Crippen LogP contribution in [0.3, 0.4) is 0 Å². The number of primary amides is 1. The molecule has 1 unspecified atom stereocenters. The monoisotopic (exact) mass is 254 g/mol. The Hall–Kier alpha value is -1.62. The lowest BCUT2D eigenvalue weighted by molar-refractivity contribution is -0.124. The lowest BCUT2D eigenvalue weighted by Crippen LogP contribution is -2.30. The van der Waals surface area contributed by atoms with Gasteiger partial charge in [0, 0.05) is 6.54 Å². The van der Waals surface area contributed by atoms with Gasteiger partial charge in [0.15, 0.2) is 17.7 Å². The summed E-state index contributed by atoms with van der Waals surface area (Å²) in [7, 11) is 0. The van der Waals surface area contributed by atoms with Crippen molar-refractivity contribution < 1.29 is 13.9 Å². The van der Waals surface area contributed by atoms with Crippen LogP contribution in [0.2, 0.25) is 0 Å². The van der Waals surface area contributed by atoms with E-state index >= 15 is 0 Å². The van der Waals surface area contributed by atoms with Gasteiger partial charge in [-0.25, -0.2) is 4.39 Å². The molecule has 0 radical (unpaired) electrons. The Labute approximate surface area is 106 Å². The smallest absolute Gasteiger partial charge is 0.258 e. The molecular formula is C13H19FN2O2. The van der Waals surface area contributed by atoms with Gasteiger partial charge in [0.05, 0.1) is 0 Å². The number of carbonyl (C=O) groups is 1. The van der Waals surface area contributed by atoms with Crippen LogP contribution in [0.25, 0.3) is 0 Å². The van der Waals surface area contributed by atoms with E-state index in [2.05, 4.69) is 12.2 Å². The minimum atomic E-state index is -0.844. The fourth-order valence-corrected chi connectivity index (χ4v) is 1.41. The molecule has 0 aromatic heterocycles. The number of hydrogen-bond acceptors (Lipinski definition) is 3. The van der Waals surface area contributed by atoms with E-state index in [1.54, 1.807) is 6.07 Å². The second-order valence-electron chi connectivity index (χ2n) is 4.10. The molecule has 0 bridgehead atoms. The van der Waals surface area contributed by atoms with E-state index < -0.39 is 17.8 Å². The number of amides is 1. The van der Waals surface area contributed by atoms with Crippen molar-refractivity contribution in [2.24, 2.45) is 5.73 Å². The zero-order chi connectivity index (χ0) is 13.5. The van der Waals surface area contributed by atoms with Crippen molar-refractivity contribution in [1.29, 1.82) is 0 Å². The average molecular weight is 254 g/mol. The predicted octanol–water partition coefficient (Wildman–Crippen LogP) is 1.58. The van der Waals surface area contributed by atoms with Gasteiger partial charge >= 0.3 is 0 Å². The van der Waals surface area contributed by atoms with E-state index in [9.17, 15) is 9.18 Å². The molecule has 0 saturated carbocycles. The Morgan fingerprint density at radius 2 is 2.28 bits per heavy atom. The van der Waals surface area contributed by atoms with E-state index in [4.69, 9.17) is 10.5 Å². The standard InChI is InChI=1S/C13H19FN2O2/c1-3-6-16-8-10-4-5-12(11(14)7-10)18-9(2)13(15)17/h4-5,7,9,16H,3,6,8H2,1-2H3,(H2,15,17). The van der Waals surface area contributed by atoms with Gasteiger partial charge in [-0.1, -0.05) is 13.0 Å². The van der Waals surface area contributed by atoms with Crippen molar-refractivity contribution in [1.82, 2.24) is 5.32 Å². The van der Waals surface area contributed by atoms with Crippen molar-refractivity contribution in [3.05, 3.63) is 29.6 Å². The first-order valence-electron chi connectivity index (χ1n) is 5.99. The molecule has 0 aliphatic carbocycles. The normalized spacial score (nSPS) is 12.2. The summed E-state index contributed by atoms with van der Waals surface area (Å²) in [6.07, 6.45) is 0.184. The number of ether oxygens (including phenoxy) is 1. The van der Waals surface area contributed by atoms with E-state index in [1.165, 1.54) is 19.1 Å². The first kappa shape index (κ1) is 14.4. The van der Waals surface area contributed by atoms with Gasteiger partial charge in [-0.15, -0.1) is 0 Å². The number of halogens is 1. The Morgan fingerprint density at radius 3 is 2.83 bits per heavy atom. The molecule has 0 saturated heterocycles. The number of benzene rings is 1. The lowest BCUT2D eigenvalue weighted by atomic mass is 10.2. The molecule has 1 atom stereocenters. The van der Waals surface area contributed by atoms with Crippen LogP contribution in [0.5, 0.6) is 5.75 Å². The highest BCUT2D eigenvalue weighted by Gasteiger charge is 2.13. The van der Waals surface area contributed by atoms with Gasteiger partial charge in [-0.2, -0.15) is 0 Å². The van der Waals surface area contributed by atoms with E-state index in [0.717, 1.165) is 18.5 Å². The molecular weight excluding hydrogens is 235 g/mol. The SMILES string of the molecule is CCCNCc1ccc(OC(C)C(N)=O)c(F)c1. The van der Waals surface area contributed by atoms with Crippen molar-refractivity contribution in [3.63, 3.8) is 0 Å². The molecule has 3 N–H and O–H groups in total. The molecule has 1 aromatic rings. The summed E-state index contributed by atoms with van der Waals surface area (Å²) in [6, 6.07) is 4.66. The van der Waals surface area contributed by atoms with Gasteiger partial charge in [0.2, 0.25) is 0 Å². The average Bonchev–Trinajstić information content (AvgIpc) is 2.32. The molecule has 0 fully saturated rings. The Morgan fingerprint density at radius 1 is 1.56 bits per heavy atom. The zero-order valence-corrected chi connectivity index (χ0v) is 10.7. The molecule has 0 aliphatic rings. The molecule has 5 heteroatoms. The van der Waals surface area contributed by atoms with Gasteiger partial charge in [0.1, 0.15) is 0 Å². The zero-order valence-electron chi connectivity index (χ0n) is 10.7. The number of rotatable bonds is 7. The summed E-state index contributed by atoms with van der Waals surface area (Å²) in [5, 5.41) is 3.18. The van der Waals surface area contributed by atoms with Crippen molar-refractivity contribution in [2.45, 2.75) is 32.9 Å². The number of hydrogen-bond donors (Lipinski definition) is 2. The molecule has 4 nitrogen and oxygen atoms in total. The van der Waals surface area contributed by atoms with Crippen molar-refractivity contribution >= 4 is 5.91 Å². The van der Waals surface area contributed by atoms with Gasteiger partial charge < -0.3 is 15.8 Å². The highest BCUT2D eigenvalue weighted by atomic mass is 19.1.